The van der Waals surface area contributed by atoms with E-state index in [0.29, 0.717) is 37.2 Å². The molecule has 1 aromatic carbocycles. The standard InChI is InChI=1S/C29H39N3O4/c33-27(20-5-6-20)31-17-21-3-1-2-4-26(21)29(19-31)10-12-30(13-11-29)24-15-22-7-8-23(16-24)32(22)28(34)36-25-9-14-35-18-25/h1-4,20,22-25H,5-19H2/t22?,23?,24?,25-/m1/s1. The zero-order chi connectivity index (χ0) is 24.3. The lowest BCUT2D eigenvalue weighted by Gasteiger charge is -2.51. The first-order valence-corrected chi connectivity index (χ1v) is 14.3. The second kappa shape index (κ2) is 9.02. The molecule has 3 atom stereocenters. The first-order valence-electron chi connectivity index (χ1n) is 14.3. The summed E-state index contributed by atoms with van der Waals surface area (Å²) in [5.41, 5.74) is 2.92. The third kappa shape index (κ3) is 4.03. The average Bonchev–Trinajstić information content (AvgIpc) is 3.56. The van der Waals surface area contributed by atoms with Crippen LogP contribution in [0.2, 0.25) is 0 Å². The minimum absolute atomic E-state index is 0.0716. The molecular formula is C29H39N3O4. The number of fused-ring (bicyclic) bond motifs is 4. The zero-order valence-corrected chi connectivity index (χ0v) is 21.3. The third-order valence-electron chi connectivity index (χ3n) is 10.0. The van der Waals surface area contributed by atoms with E-state index in [9.17, 15) is 9.59 Å². The Balaban J connectivity index is 1.02. The van der Waals surface area contributed by atoms with Gasteiger partial charge in [0.2, 0.25) is 5.91 Å². The topological polar surface area (TPSA) is 62.3 Å². The molecule has 194 valence electrons. The van der Waals surface area contributed by atoms with Crippen LogP contribution in [-0.2, 0) is 26.2 Å². The molecule has 7 rings (SSSR count). The second-order valence-electron chi connectivity index (χ2n) is 12.2. The van der Waals surface area contributed by atoms with Gasteiger partial charge in [-0.15, -0.1) is 0 Å². The van der Waals surface area contributed by atoms with Crippen LogP contribution >= 0.6 is 0 Å². The summed E-state index contributed by atoms with van der Waals surface area (Å²) in [6.07, 6.45) is 9.30. The van der Waals surface area contributed by atoms with Gasteiger partial charge in [0.25, 0.3) is 0 Å². The van der Waals surface area contributed by atoms with Crippen molar-refractivity contribution in [2.24, 2.45) is 5.92 Å². The van der Waals surface area contributed by atoms with Crippen LogP contribution in [0.5, 0.6) is 0 Å². The number of carbonyl (C=O) groups is 2. The Morgan fingerprint density at radius 1 is 0.944 bits per heavy atom. The van der Waals surface area contributed by atoms with Crippen molar-refractivity contribution in [3.8, 4) is 0 Å². The predicted octanol–water partition coefficient (Wildman–Crippen LogP) is 3.69. The summed E-state index contributed by atoms with van der Waals surface area (Å²) < 4.78 is 11.2. The second-order valence-corrected chi connectivity index (χ2v) is 12.2. The van der Waals surface area contributed by atoms with Crippen LogP contribution in [0.4, 0.5) is 4.79 Å². The monoisotopic (exact) mass is 493 g/mol. The molecule has 0 N–H and O–H groups in total. The molecule has 1 spiro atoms. The SMILES string of the molecule is O=C(C1CC1)N1Cc2ccccc2C2(CCN(C3CC4CCC(C3)N4C(=O)O[C@@H]3CCOC3)CC2)C1. The highest BCUT2D eigenvalue weighted by Gasteiger charge is 2.49. The van der Waals surface area contributed by atoms with Crippen LogP contribution in [0.1, 0.15) is 68.9 Å². The highest BCUT2D eigenvalue weighted by Crippen LogP contribution is 2.45. The molecule has 36 heavy (non-hydrogen) atoms. The number of nitrogens with zero attached hydrogens (tertiary/aromatic N) is 3. The van der Waals surface area contributed by atoms with E-state index in [0.717, 1.165) is 84.0 Å². The Morgan fingerprint density at radius 3 is 2.39 bits per heavy atom. The minimum atomic E-state index is -0.117. The Labute approximate surface area is 214 Å². The molecule has 1 saturated carbocycles. The van der Waals surface area contributed by atoms with Gasteiger partial charge in [-0.25, -0.2) is 4.79 Å². The van der Waals surface area contributed by atoms with Crippen molar-refractivity contribution < 1.29 is 19.1 Å². The number of likely N-dealkylation sites (tertiary alicyclic amines) is 1. The van der Waals surface area contributed by atoms with Crippen LogP contribution in [0.3, 0.4) is 0 Å². The Morgan fingerprint density at radius 2 is 1.69 bits per heavy atom. The van der Waals surface area contributed by atoms with Gasteiger partial charge in [0.1, 0.15) is 6.10 Å². The molecule has 5 aliphatic heterocycles. The number of piperidine rings is 2. The van der Waals surface area contributed by atoms with Crippen molar-refractivity contribution in [3.05, 3.63) is 35.4 Å². The quantitative estimate of drug-likeness (QED) is 0.643. The van der Waals surface area contributed by atoms with Crippen LogP contribution < -0.4 is 0 Å². The number of benzene rings is 1. The van der Waals surface area contributed by atoms with E-state index in [-0.39, 0.29) is 23.5 Å². The number of hydrogen-bond donors (Lipinski definition) is 0. The molecule has 7 heteroatoms. The van der Waals surface area contributed by atoms with Crippen LogP contribution in [-0.4, -0.2) is 83.8 Å². The van der Waals surface area contributed by atoms with Crippen molar-refractivity contribution >= 4 is 12.0 Å². The van der Waals surface area contributed by atoms with Crippen molar-refractivity contribution in [1.82, 2.24) is 14.7 Å². The molecule has 5 fully saturated rings. The van der Waals surface area contributed by atoms with Gasteiger partial charge in [0.15, 0.2) is 0 Å². The maximum atomic E-state index is 13.0. The largest absolute Gasteiger partial charge is 0.444 e. The molecule has 7 nitrogen and oxygen atoms in total. The van der Waals surface area contributed by atoms with E-state index in [1.807, 2.05) is 0 Å². The smallest absolute Gasteiger partial charge is 0.410 e. The van der Waals surface area contributed by atoms with Crippen LogP contribution in [0, 0.1) is 5.92 Å². The van der Waals surface area contributed by atoms with Gasteiger partial charge in [-0.3, -0.25) is 4.79 Å². The van der Waals surface area contributed by atoms with Crippen molar-refractivity contribution in [2.75, 3.05) is 32.8 Å². The van der Waals surface area contributed by atoms with Crippen LogP contribution in [0.25, 0.3) is 0 Å². The highest BCUT2D eigenvalue weighted by molar-refractivity contribution is 5.81. The fourth-order valence-corrected chi connectivity index (χ4v) is 7.93. The molecule has 6 aliphatic rings. The van der Waals surface area contributed by atoms with Crippen LogP contribution in [0.15, 0.2) is 24.3 Å². The van der Waals surface area contributed by atoms with E-state index < -0.39 is 0 Å². The Kier molecular flexibility index (Phi) is 5.77. The summed E-state index contributed by atoms with van der Waals surface area (Å²) >= 11 is 0. The Bertz CT molecular complexity index is 998. The first kappa shape index (κ1) is 23.0. The number of ether oxygens (including phenoxy) is 2. The van der Waals surface area contributed by atoms with Gasteiger partial charge in [-0.2, -0.15) is 0 Å². The van der Waals surface area contributed by atoms with E-state index in [2.05, 4.69) is 39.0 Å². The van der Waals surface area contributed by atoms with Gasteiger partial charge in [0, 0.05) is 49.0 Å². The highest BCUT2D eigenvalue weighted by atomic mass is 16.6. The van der Waals surface area contributed by atoms with Crippen molar-refractivity contribution in [1.29, 1.82) is 0 Å². The average molecular weight is 494 g/mol. The zero-order valence-electron chi connectivity index (χ0n) is 21.3. The summed E-state index contributed by atoms with van der Waals surface area (Å²) in [5.74, 6) is 0.659. The molecule has 0 aromatic heterocycles. The van der Waals surface area contributed by atoms with E-state index in [1.165, 1.54) is 11.1 Å². The molecule has 2 bridgehead atoms. The summed E-state index contributed by atoms with van der Waals surface area (Å²) in [5, 5.41) is 0. The number of carbonyl (C=O) groups excluding carboxylic acids is 2. The maximum absolute atomic E-state index is 13.0. The Hall–Kier alpha value is -2.12. The molecular weight excluding hydrogens is 454 g/mol. The molecule has 1 aromatic rings. The van der Waals surface area contributed by atoms with Gasteiger partial charge in [-0.05, 0) is 75.6 Å². The fraction of sp³-hybridized carbons (Fsp3) is 0.724. The molecule has 4 saturated heterocycles. The van der Waals surface area contributed by atoms with Crippen molar-refractivity contribution in [3.63, 3.8) is 0 Å². The van der Waals surface area contributed by atoms with Gasteiger partial charge in [-0.1, -0.05) is 24.3 Å². The summed E-state index contributed by atoms with van der Waals surface area (Å²) in [6.45, 7) is 5.05. The fourth-order valence-electron chi connectivity index (χ4n) is 7.93. The third-order valence-corrected chi connectivity index (χ3v) is 10.0. The van der Waals surface area contributed by atoms with Crippen molar-refractivity contribution in [2.45, 2.75) is 94.0 Å². The maximum Gasteiger partial charge on any atom is 0.410 e. The molecule has 2 unspecified atom stereocenters. The van der Waals surface area contributed by atoms with Gasteiger partial charge < -0.3 is 24.2 Å². The summed E-state index contributed by atoms with van der Waals surface area (Å²) in [4.78, 5) is 33.0. The predicted molar refractivity (Wildman–Crippen MR) is 134 cm³/mol. The van der Waals surface area contributed by atoms with Gasteiger partial charge in [0.05, 0.1) is 13.2 Å². The summed E-state index contributed by atoms with van der Waals surface area (Å²) in [6, 6.07) is 10.0. The number of rotatable bonds is 3. The summed E-state index contributed by atoms with van der Waals surface area (Å²) in [7, 11) is 0. The lowest BCUT2D eigenvalue weighted by molar-refractivity contribution is -0.135. The molecule has 1 aliphatic carbocycles. The lowest BCUT2D eigenvalue weighted by atomic mass is 9.68. The van der Waals surface area contributed by atoms with E-state index in [4.69, 9.17) is 9.47 Å². The minimum Gasteiger partial charge on any atom is -0.444 e. The number of hydrogen-bond acceptors (Lipinski definition) is 5. The van der Waals surface area contributed by atoms with E-state index in [1.54, 1.807) is 0 Å². The van der Waals surface area contributed by atoms with E-state index >= 15 is 0 Å². The first-order chi connectivity index (χ1) is 17.6. The normalized spacial score (nSPS) is 33.6. The number of amides is 2. The van der Waals surface area contributed by atoms with Gasteiger partial charge >= 0.3 is 6.09 Å². The lowest BCUT2D eigenvalue weighted by Crippen LogP contribution is -2.58. The molecule has 5 heterocycles. The molecule has 2 amide bonds. The molecule has 0 radical (unpaired) electrons.